The highest BCUT2D eigenvalue weighted by atomic mass is 35.5. The highest BCUT2D eigenvalue weighted by Gasteiger charge is 2.27. The molecule has 2 N–H and O–H groups in total. The molecule has 1 fully saturated rings. The molecular weight excluding hydrogens is 296 g/mol. The summed E-state index contributed by atoms with van der Waals surface area (Å²) in [5, 5.41) is 5.07. The molecule has 0 radical (unpaired) electrons. The van der Waals surface area contributed by atoms with Crippen LogP contribution < -0.4 is 5.32 Å². The lowest BCUT2D eigenvalue weighted by Crippen LogP contribution is -2.23. The lowest BCUT2D eigenvalue weighted by Gasteiger charge is -2.08. The maximum atomic E-state index is 11.4. The molecule has 0 saturated carbocycles. The first kappa shape index (κ1) is 13.9. The van der Waals surface area contributed by atoms with E-state index in [2.05, 4.69) is 10.3 Å². The van der Waals surface area contributed by atoms with Crippen LogP contribution in [0.15, 0.2) is 24.3 Å². The van der Waals surface area contributed by atoms with Crippen LogP contribution in [0.5, 0.6) is 0 Å². The van der Waals surface area contributed by atoms with Crippen LogP contribution in [0.2, 0.25) is 5.02 Å². The normalized spacial score (nSPS) is 21.6. The van der Waals surface area contributed by atoms with Crippen molar-refractivity contribution in [2.24, 2.45) is 5.92 Å². The summed E-state index contributed by atoms with van der Waals surface area (Å²) in [4.78, 5) is 3.29. The van der Waals surface area contributed by atoms with E-state index in [1.54, 1.807) is 0 Å². The van der Waals surface area contributed by atoms with Crippen molar-refractivity contribution in [3.63, 3.8) is 0 Å². The second-order valence-corrected chi connectivity index (χ2v) is 7.97. The number of hydrogen-bond donors (Lipinski definition) is 2. The highest BCUT2D eigenvalue weighted by molar-refractivity contribution is 7.91. The molecule has 3 rings (SSSR count). The predicted molar refractivity (Wildman–Crippen MR) is 81.8 cm³/mol. The minimum atomic E-state index is -2.79. The minimum Gasteiger partial charge on any atom is -0.356 e. The van der Waals surface area contributed by atoms with Crippen molar-refractivity contribution in [1.29, 1.82) is 0 Å². The number of halogens is 1. The number of benzene rings is 1. The summed E-state index contributed by atoms with van der Waals surface area (Å²) < 4.78 is 22.8. The Morgan fingerprint density at radius 2 is 2.15 bits per heavy atom. The first-order valence-electron chi connectivity index (χ1n) is 6.71. The molecule has 1 atom stereocenters. The lowest BCUT2D eigenvalue weighted by molar-refractivity contribution is 0.518. The van der Waals surface area contributed by atoms with Gasteiger partial charge in [-0.2, -0.15) is 0 Å². The molecule has 2 aromatic rings. The number of para-hydroxylation sites is 1. The molecule has 4 nitrogen and oxygen atoms in total. The van der Waals surface area contributed by atoms with E-state index in [-0.39, 0.29) is 5.92 Å². The van der Waals surface area contributed by atoms with Crippen LogP contribution >= 0.6 is 11.6 Å². The molecule has 0 amide bonds. The van der Waals surface area contributed by atoms with Gasteiger partial charge >= 0.3 is 0 Å². The van der Waals surface area contributed by atoms with Crippen LogP contribution in [0.25, 0.3) is 10.9 Å². The average molecular weight is 313 g/mol. The van der Waals surface area contributed by atoms with Crippen molar-refractivity contribution in [2.45, 2.75) is 13.0 Å². The lowest BCUT2D eigenvalue weighted by atomic mass is 10.1. The number of nitrogens with one attached hydrogen (secondary N) is 2. The van der Waals surface area contributed by atoms with Crippen LogP contribution in [-0.4, -0.2) is 31.5 Å². The second-order valence-electron chi connectivity index (χ2n) is 5.36. The number of aromatic nitrogens is 1. The van der Waals surface area contributed by atoms with Crippen LogP contribution in [-0.2, 0) is 16.4 Å². The Labute approximate surface area is 123 Å². The molecular formula is C14H17ClN2O2S. The van der Waals surface area contributed by atoms with Gasteiger partial charge in [-0.1, -0.05) is 29.8 Å². The fourth-order valence-corrected chi connectivity index (χ4v) is 4.86. The summed E-state index contributed by atoms with van der Waals surface area (Å²) in [7, 11) is -2.79. The zero-order valence-electron chi connectivity index (χ0n) is 11.0. The molecule has 20 heavy (non-hydrogen) atoms. The Kier molecular flexibility index (Phi) is 3.75. The molecule has 1 aliphatic heterocycles. The maximum absolute atomic E-state index is 11.4. The SMILES string of the molecule is O=S1(=O)CCC(CNCc2[nH]c3ccccc3c2Cl)C1. The Morgan fingerprint density at radius 1 is 1.35 bits per heavy atom. The molecule has 0 spiro atoms. The summed E-state index contributed by atoms with van der Waals surface area (Å²) in [5.74, 6) is 0.857. The van der Waals surface area contributed by atoms with Crippen LogP contribution in [0, 0.1) is 5.92 Å². The Hall–Kier alpha value is -1.04. The van der Waals surface area contributed by atoms with Gasteiger partial charge < -0.3 is 10.3 Å². The number of H-pyrrole nitrogens is 1. The number of hydrogen-bond acceptors (Lipinski definition) is 3. The maximum Gasteiger partial charge on any atom is 0.150 e. The average Bonchev–Trinajstić information content (AvgIpc) is 2.91. The molecule has 1 unspecified atom stereocenters. The smallest absolute Gasteiger partial charge is 0.150 e. The molecule has 2 heterocycles. The van der Waals surface area contributed by atoms with E-state index in [0.717, 1.165) is 28.0 Å². The second kappa shape index (κ2) is 5.39. The van der Waals surface area contributed by atoms with Crippen molar-refractivity contribution in [2.75, 3.05) is 18.1 Å². The summed E-state index contributed by atoms with van der Waals surface area (Å²) in [6.07, 6.45) is 0.760. The van der Waals surface area contributed by atoms with Gasteiger partial charge in [0.15, 0.2) is 9.84 Å². The highest BCUT2D eigenvalue weighted by Crippen LogP contribution is 2.27. The van der Waals surface area contributed by atoms with Crippen molar-refractivity contribution < 1.29 is 8.42 Å². The molecule has 1 aliphatic rings. The zero-order valence-corrected chi connectivity index (χ0v) is 12.6. The predicted octanol–water partition coefficient (Wildman–Crippen LogP) is 2.35. The van der Waals surface area contributed by atoms with Gasteiger partial charge in [0.05, 0.1) is 16.5 Å². The van der Waals surface area contributed by atoms with Crippen molar-refractivity contribution in [1.82, 2.24) is 10.3 Å². The Bertz CT molecular complexity index is 724. The number of rotatable bonds is 4. The van der Waals surface area contributed by atoms with E-state index >= 15 is 0 Å². The fourth-order valence-electron chi connectivity index (χ4n) is 2.72. The monoisotopic (exact) mass is 312 g/mol. The molecule has 108 valence electrons. The van der Waals surface area contributed by atoms with Gasteiger partial charge in [0.1, 0.15) is 0 Å². The minimum absolute atomic E-state index is 0.225. The van der Waals surface area contributed by atoms with Gasteiger partial charge in [-0.05, 0) is 24.9 Å². The van der Waals surface area contributed by atoms with E-state index in [0.29, 0.717) is 24.6 Å². The molecule has 0 aliphatic carbocycles. The van der Waals surface area contributed by atoms with Crippen molar-refractivity contribution >= 4 is 32.3 Å². The molecule has 1 saturated heterocycles. The van der Waals surface area contributed by atoms with E-state index in [4.69, 9.17) is 11.6 Å². The van der Waals surface area contributed by atoms with Crippen LogP contribution in [0.3, 0.4) is 0 Å². The fraction of sp³-hybridized carbons (Fsp3) is 0.429. The van der Waals surface area contributed by atoms with Crippen LogP contribution in [0.1, 0.15) is 12.1 Å². The summed E-state index contributed by atoms with van der Waals surface area (Å²) in [5.41, 5.74) is 1.98. The van der Waals surface area contributed by atoms with E-state index in [1.807, 2.05) is 24.3 Å². The van der Waals surface area contributed by atoms with Crippen molar-refractivity contribution in [3.8, 4) is 0 Å². The Morgan fingerprint density at radius 3 is 2.85 bits per heavy atom. The van der Waals surface area contributed by atoms with Gasteiger partial charge in [-0.25, -0.2) is 8.42 Å². The number of aromatic amines is 1. The largest absolute Gasteiger partial charge is 0.356 e. The van der Waals surface area contributed by atoms with Gasteiger partial charge in [0.25, 0.3) is 0 Å². The zero-order chi connectivity index (χ0) is 14.2. The van der Waals surface area contributed by atoms with Gasteiger partial charge in [-0.3, -0.25) is 0 Å². The third kappa shape index (κ3) is 2.85. The van der Waals surface area contributed by atoms with Crippen molar-refractivity contribution in [3.05, 3.63) is 35.0 Å². The third-order valence-corrected chi connectivity index (χ3v) is 6.04. The van der Waals surface area contributed by atoms with Gasteiger partial charge in [0, 0.05) is 23.1 Å². The van der Waals surface area contributed by atoms with E-state index < -0.39 is 9.84 Å². The molecule has 1 aromatic carbocycles. The number of sulfone groups is 1. The van der Waals surface area contributed by atoms with Gasteiger partial charge in [0.2, 0.25) is 0 Å². The van der Waals surface area contributed by atoms with E-state index in [9.17, 15) is 8.42 Å². The quantitative estimate of drug-likeness (QED) is 0.911. The summed E-state index contributed by atoms with van der Waals surface area (Å²) in [6.45, 7) is 1.34. The van der Waals surface area contributed by atoms with E-state index in [1.165, 1.54) is 0 Å². The molecule has 6 heteroatoms. The van der Waals surface area contributed by atoms with Crippen LogP contribution in [0.4, 0.5) is 0 Å². The topological polar surface area (TPSA) is 62.0 Å². The standard InChI is InChI=1S/C14H17ClN2O2S/c15-14-11-3-1-2-4-12(11)17-13(14)8-16-7-10-5-6-20(18,19)9-10/h1-4,10,16-17H,5-9H2. The molecule has 1 aromatic heterocycles. The number of fused-ring (bicyclic) bond motifs is 1. The summed E-state index contributed by atoms with van der Waals surface area (Å²) in [6, 6.07) is 7.91. The van der Waals surface area contributed by atoms with Gasteiger partial charge in [-0.15, -0.1) is 0 Å². The first-order chi connectivity index (χ1) is 9.55. The molecule has 0 bridgehead atoms. The summed E-state index contributed by atoms with van der Waals surface area (Å²) >= 11 is 6.33. The first-order valence-corrected chi connectivity index (χ1v) is 8.91. The third-order valence-electron chi connectivity index (χ3n) is 3.78. The Balaban J connectivity index is 1.62.